The molecule has 0 aliphatic carbocycles. The Balaban J connectivity index is 1.98. The molecule has 1 amide bonds. The molecule has 2 aromatic carbocycles. The summed E-state index contributed by atoms with van der Waals surface area (Å²) in [7, 11) is -3.18. The zero-order chi connectivity index (χ0) is 14.3. The average Bonchev–Trinajstić information content (AvgIpc) is 2.77. The summed E-state index contributed by atoms with van der Waals surface area (Å²) in [6, 6.07) is 12.5. The Kier molecular flexibility index (Phi) is 2.87. The minimum Gasteiger partial charge on any atom is -0.326 e. The van der Waals surface area contributed by atoms with Crippen LogP contribution in [-0.4, -0.2) is 20.6 Å². The maximum absolute atomic E-state index is 11.4. The highest BCUT2D eigenvalue weighted by atomic mass is 32.2. The number of rotatable bonds is 2. The summed E-state index contributed by atoms with van der Waals surface area (Å²) in [6.07, 6.45) is 1.61. The Morgan fingerprint density at radius 1 is 1.00 bits per heavy atom. The molecule has 0 fully saturated rings. The highest BCUT2D eigenvalue weighted by Crippen LogP contribution is 2.29. The number of benzene rings is 2. The first kappa shape index (κ1) is 12.9. The second-order valence-corrected chi connectivity index (χ2v) is 6.91. The van der Waals surface area contributed by atoms with Gasteiger partial charge >= 0.3 is 0 Å². The summed E-state index contributed by atoms with van der Waals surface area (Å²) in [5, 5.41) is 2.81. The predicted molar refractivity (Wildman–Crippen MR) is 77.3 cm³/mol. The van der Waals surface area contributed by atoms with E-state index in [4.69, 9.17) is 0 Å². The third-order valence-corrected chi connectivity index (χ3v) is 4.48. The van der Waals surface area contributed by atoms with Gasteiger partial charge < -0.3 is 5.32 Å². The van der Waals surface area contributed by atoms with Gasteiger partial charge in [0.05, 0.1) is 11.3 Å². The molecule has 1 aliphatic heterocycles. The van der Waals surface area contributed by atoms with Gasteiger partial charge in [-0.25, -0.2) is 8.42 Å². The van der Waals surface area contributed by atoms with Crippen molar-refractivity contribution in [3.8, 4) is 11.1 Å². The second-order valence-electron chi connectivity index (χ2n) is 4.89. The van der Waals surface area contributed by atoms with E-state index in [1.807, 2.05) is 18.2 Å². The van der Waals surface area contributed by atoms with Crippen molar-refractivity contribution in [3.05, 3.63) is 48.0 Å². The van der Waals surface area contributed by atoms with E-state index in [9.17, 15) is 13.2 Å². The van der Waals surface area contributed by atoms with Gasteiger partial charge in [-0.1, -0.05) is 24.3 Å². The van der Waals surface area contributed by atoms with Crippen LogP contribution in [0.5, 0.6) is 0 Å². The zero-order valence-electron chi connectivity index (χ0n) is 10.9. The molecule has 0 saturated carbocycles. The summed E-state index contributed by atoms with van der Waals surface area (Å²) in [5.74, 6) is 0.00424. The van der Waals surface area contributed by atoms with E-state index in [0.29, 0.717) is 11.3 Å². The number of fused-ring (bicyclic) bond motifs is 1. The van der Waals surface area contributed by atoms with E-state index >= 15 is 0 Å². The maximum Gasteiger partial charge on any atom is 0.228 e. The van der Waals surface area contributed by atoms with Gasteiger partial charge in [-0.2, -0.15) is 0 Å². The first-order valence-electron chi connectivity index (χ1n) is 6.17. The number of hydrogen-bond acceptors (Lipinski definition) is 3. The summed E-state index contributed by atoms with van der Waals surface area (Å²) in [4.78, 5) is 11.6. The monoisotopic (exact) mass is 287 g/mol. The minimum absolute atomic E-state index is 0.00424. The Morgan fingerprint density at radius 2 is 1.65 bits per heavy atom. The molecule has 0 radical (unpaired) electrons. The third kappa shape index (κ3) is 2.32. The lowest BCUT2D eigenvalue weighted by molar-refractivity contribution is -0.115. The molecular formula is C15H13NO3S. The molecule has 20 heavy (non-hydrogen) atoms. The van der Waals surface area contributed by atoms with Crippen LogP contribution in [0.2, 0.25) is 0 Å². The second kappa shape index (κ2) is 4.45. The van der Waals surface area contributed by atoms with Crippen LogP contribution in [0.3, 0.4) is 0 Å². The number of amides is 1. The van der Waals surface area contributed by atoms with Crippen LogP contribution in [0.15, 0.2) is 47.4 Å². The van der Waals surface area contributed by atoms with E-state index < -0.39 is 9.84 Å². The van der Waals surface area contributed by atoms with Gasteiger partial charge in [0.2, 0.25) is 5.91 Å². The van der Waals surface area contributed by atoms with Gasteiger partial charge in [0.1, 0.15) is 0 Å². The van der Waals surface area contributed by atoms with E-state index in [2.05, 4.69) is 5.32 Å². The Morgan fingerprint density at radius 3 is 2.30 bits per heavy atom. The van der Waals surface area contributed by atoms with E-state index in [-0.39, 0.29) is 5.91 Å². The van der Waals surface area contributed by atoms with Gasteiger partial charge in [0.15, 0.2) is 9.84 Å². The summed E-state index contributed by atoms with van der Waals surface area (Å²) < 4.78 is 22.8. The highest BCUT2D eigenvalue weighted by molar-refractivity contribution is 7.90. The molecule has 0 atom stereocenters. The molecule has 2 aromatic rings. The minimum atomic E-state index is -3.18. The van der Waals surface area contributed by atoms with Crippen molar-refractivity contribution in [2.24, 2.45) is 0 Å². The number of carbonyl (C=O) groups excluding carboxylic acids is 1. The Bertz CT molecular complexity index is 792. The number of sulfone groups is 1. The fraction of sp³-hybridized carbons (Fsp3) is 0.133. The largest absolute Gasteiger partial charge is 0.326 e. The lowest BCUT2D eigenvalue weighted by Crippen LogP contribution is -2.03. The average molecular weight is 287 g/mol. The first-order chi connectivity index (χ1) is 9.43. The molecule has 0 spiro atoms. The summed E-state index contributed by atoms with van der Waals surface area (Å²) in [6.45, 7) is 0. The Labute approximate surface area is 117 Å². The normalized spacial score (nSPS) is 13.9. The smallest absolute Gasteiger partial charge is 0.228 e. The SMILES string of the molecule is CS(=O)(=O)c1ccc(-c2ccc3c(c2)NC(=O)C3)cc1. The van der Waals surface area contributed by atoms with E-state index in [1.165, 1.54) is 6.26 Å². The van der Waals surface area contributed by atoms with Crippen molar-refractivity contribution in [2.45, 2.75) is 11.3 Å². The van der Waals surface area contributed by atoms with Gasteiger partial charge in [-0.3, -0.25) is 4.79 Å². The van der Waals surface area contributed by atoms with Crippen molar-refractivity contribution in [1.82, 2.24) is 0 Å². The molecule has 0 saturated heterocycles. The summed E-state index contributed by atoms with van der Waals surface area (Å²) in [5.41, 5.74) is 3.69. The maximum atomic E-state index is 11.4. The van der Waals surface area contributed by atoms with Crippen molar-refractivity contribution in [3.63, 3.8) is 0 Å². The molecule has 3 rings (SSSR count). The van der Waals surface area contributed by atoms with E-state index in [1.54, 1.807) is 24.3 Å². The number of anilines is 1. The standard InChI is InChI=1S/C15H13NO3S/c1-20(18,19)13-6-4-10(5-7-13)11-2-3-12-9-15(17)16-14(12)8-11/h2-8H,9H2,1H3,(H,16,17). The molecular weight excluding hydrogens is 274 g/mol. The number of nitrogens with one attached hydrogen (secondary N) is 1. The number of carbonyl (C=O) groups is 1. The molecule has 5 heteroatoms. The Hall–Kier alpha value is -2.14. The third-order valence-electron chi connectivity index (χ3n) is 3.35. The van der Waals surface area contributed by atoms with E-state index in [0.717, 1.165) is 22.4 Å². The van der Waals surface area contributed by atoms with Crippen molar-refractivity contribution in [1.29, 1.82) is 0 Å². The topological polar surface area (TPSA) is 63.2 Å². The molecule has 0 bridgehead atoms. The number of hydrogen-bond donors (Lipinski definition) is 1. The van der Waals surface area contributed by atoms with Gasteiger partial charge in [-0.05, 0) is 34.9 Å². The molecule has 0 aromatic heterocycles. The van der Waals surface area contributed by atoms with Gasteiger partial charge in [0, 0.05) is 11.9 Å². The molecule has 1 N–H and O–H groups in total. The quantitative estimate of drug-likeness (QED) is 0.921. The molecule has 0 unspecified atom stereocenters. The van der Waals surface area contributed by atoms with Crippen molar-refractivity contribution in [2.75, 3.05) is 11.6 Å². The van der Waals surface area contributed by atoms with Crippen LogP contribution < -0.4 is 5.32 Å². The lowest BCUT2D eigenvalue weighted by atomic mass is 10.0. The van der Waals surface area contributed by atoms with Crippen LogP contribution in [0, 0.1) is 0 Å². The fourth-order valence-corrected chi connectivity index (χ4v) is 2.92. The predicted octanol–water partition coefficient (Wildman–Crippen LogP) is 2.25. The van der Waals surface area contributed by atoms with Crippen LogP contribution in [0.25, 0.3) is 11.1 Å². The molecule has 1 aliphatic rings. The van der Waals surface area contributed by atoms with Crippen LogP contribution >= 0.6 is 0 Å². The fourth-order valence-electron chi connectivity index (χ4n) is 2.29. The van der Waals surface area contributed by atoms with Gasteiger partial charge in [-0.15, -0.1) is 0 Å². The zero-order valence-corrected chi connectivity index (χ0v) is 11.7. The van der Waals surface area contributed by atoms with Crippen LogP contribution in [0.4, 0.5) is 5.69 Å². The lowest BCUT2D eigenvalue weighted by Gasteiger charge is -2.06. The van der Waals surface area contributed by atoms with Crippen LogP contribution in [0.1, 0.15) is 5.56 Å². The molecule has 4 nitrogen and oxygen atoms in total. The first-order valence-corrected chi connectivity index (χ1v) is 8.06. The highest BCUT2D eigenvalue weighted by Gasteiger charge is 2.17. The van der Waals surface area contributed by atoms with Crippen molar-refractivity contribution < 1.29 is 13.2 Å². The summed E-state index contributed by atoms with van der Waals surface area (Å²) >= 11 is 0. The van der Waals surface area contributed by atoms with Crippen molar-refractivity contribution >= 4 is 21.4 Å². The van der Waals surface area contributed by atoms with Crippen LogP contribution in [-0.2, 0) is 21.1 Å². The molecule has 102 valence electrons. The van der Waals surface area contributed by atoms with Gasteiger partial charge in [0.25, 0.3) is 0 Å². The molecule has 1 heterocycles.